The van der Waals surface area contributed by atoms with Crippen LogP contribution in [0.4, 0.5) is 5.82 Å². The molecule has 2 aliphatic rings. The average Bonchev–Trinajstić information content (AvgIpc) is 2.39. The molecule has 18 heavy (non-hydrogen) atoms. The summed E-state index contributed by atoms with van der Waals surface area (Å²) >= 11 is 0. The molecule has 0 radical (unpaired) electrons. The molecule has 0 atom stereocenters. The third kappa shape index (κ3) is 2.33. The first-order chi connectivity index (χ1) is 8.86. The van der Waals surface area contributed by atoms with Crippen LogP contribution in [0.1, 0.15) is 6.92 Å². The van der Waals surface area contributed by atoms with Crippen LogP contribution in [-0.4, -0.2) is 71.6 Å². The van der Waals surface area contributed by atoms with Crippen LogP contribution >= 0.6 is 0 Å². The zero-order valence-corrected chi connectivity index (χ0v) is 11.0. The summed E-state index contributed by atoms with van der Waals surface area (Å²) in [5.41, 5.74) is 0. The van der Waals surface area contributed by atoms with Crippen molar-refractivity contribution in [2.45, 2.75) is 13.0 Å². The molecule has 0 aliphatic carbocycles. The van der Waals surface area contributed by atoms with E-state index in [0.717, 1.165) is 18.9 Å². The third-order valence-corrected chi connectivity index (χ3v) is 4.11. The molecular weight excluding hydrogens is 226 g/mol. The van der Waals surface area contributed by atoms with Crippen LogP contribution in [0.5, 0.6) is 0 Å². The van der Waals surface area contributed by atoms with Crippen molar-refractivity contribution in [1.82, 2.24) is 19.8 Å². The molecular formula is C13H21N5. The molecule has 0 N–H and O–H groups in total. The maximum absolute atomic E-state index is 4.34. The summed E-state index contributed by atoms with van der Waals surface area (Å²) in [6.07, 6.45) is 5.35. The maximum Gasteiger partial charge on any atom is 0.147 e. The Labute approximate surface area is 108 Å². The van der Waals surface area contributed by atoms with Crippen molar-refractivity contribution in [3.8, 4) is 0 Å². The fraction of sp³-hybridized carbons (Fsp3) is 0.692. The highest BCUT2D eigenvalue weighted by molar-refractivity contribution is 5.39. The van der Waals surface area contributed by atoms with Gasteiger partial charge in [-0.3, -0.25) is 9.88 Å². The first-order valence-corrected chi connectivity index (χ1v) is 6.84. The second kappa shape index (κ2) is 5.20. The van der Waals surface area contributed by atoms with Crippen LogP contribution in [0.2, 0.25) is 0 Å². The van der Waals surface area contributed by atoms with E-state index >= 15 is 0 Å². The molecule has 5 heteroatoms. The van der Waals surface area contributed by atoms with Crippen molar-refractivity contribution in [3.63, 3.8) is 0 Å². The molecule has 0 saturated carbocycles. The predicted octanol–water partition coefficient (Wildman–Crippen LogP) is 0.303. The van der Waals surface area contributed by atoms with Gasteiger partial charge in [0.15, 0.2) is 0 Å². The van der Waals surface area contributed by atoms with Crippen molar-refractivity contribution in [1.29, 1.82) is 0 Å². The van der Waals surface area contributed by atoms with Gasteiger partial charge in [-0.2, -0.15) is 0 Å². The normalized spacial score (nSPS) is 23.1. The van der Waals surface area contributed by atoms with E-state index < -0.39 is 0 Å². The van der Waals surface area contributed by atoms with Crippen molar-refractivity contribution in [2.24, 2.45) is 0 Å². The highest BCUT2D eigenvalue weighted by Gasteiger charge is 2.33. The Morgan fingerprint density at radius 3 is 2.56 bits per heavy atom. The van der Waals surface area contributed by atoms with Crippen LogP contribution in [0.3, 0.4) is 0 Å². The average molecular weight is 247 g/mol. The smallest absolute Gasteiger partial charge is 0.147 e. The monoisotopic (exact) mass is 247 g/mol. The fourth-order valence-electron chi connectivity index (χ4n) is 2.77. The minimum atomic E-state index is 0.714. The molecule has 1 aromatic heterocycles. The number of anilines is 1. The van der Waals surface area contributed by atoms with Crippen LogP contribution < -0.4 is 4.90 Å². The fourth-order valence-corrected chi connectivity index (χ4v) is 2.77. The summed E-state index contributed by atoms with van der Waals surface area (Å²) < 4.78 is 0. The van der Waals surface area contributed by atoms with Gasteiger partial charge in [0, 0.05) is 57.7 Å². The van der Waals surface area contributed by atoms with E-state index in [4.69, 9.17) is 0 Å². The third-order valence-electron chi connectivity index (χ3n) is 4.11. The number of hydrogen-bond acceptors (Lipinski definition) is 5. The van der Waals surface area contributed by atoms with E-state index in [1.54, 1.807) is 12.4 Å². The van der Waals surface area contributed by atoms with Crippen molar-refractivity contribution in [3.05, 3.63) is 18.6 Å². The number of rotatable bonds is 3. The Hall–Kier alpha value is -1.20. The number of piperazine rings is 1. The lowest BCUT2D eigenvalue weighted by Crippen LogP contribution is -2.63. The van der Waals surface area contributed by atoms with Crippen LogP contribution in [-0.2, 0) is 0 Å². The Bertz CT molecular complexity index is 368. The van der Waals surface area contributed by atoms with Gasteiger partial charge in [-0.1, -0.05) is 6.92 Å². The van der Waals surface area contributed by atoms with Crippen LogP contribution in [0, 0.1) is 0 Å². The van der Waals surface area contributed by atoms with E-state index in [-0.39, 0.29) is 0 Å². The molecule has 98 valence electrons. The quantitative estimate of drug-likeness (QED) is 0.768. The lowest BCUT2D eigenvalue weighted by atomic mass is 10.1. The molecule has 2 saturated heterocycles. The van der Waals surface area contributed by atoms with Crippen molar-refractivity contribution in [2.75, 3.05) is 50.7 Å². The Morgan fingerprint density at radius 1 is 1.17 bits per heavy atom. The lowest BCUT2D eigenvalue weighted by molar-refractivity contribution is 0.0859. The molecule has 2 aliphatic heterocycles. The highest BCUT2D eigenvalue weighted by atomic mass is 15.4. The maximum atomic E-state index is 4.34. The minimum Gasteiger partial charge on any atom is -0.352 e. The van der Waals surface area contributed by atoms with Crippen molar-refractivity contribution < 1.29 is 0 Å². The number of aromatic nitrogens is 2. The van der Waals surface area contributed by atoms with E-state index in [1.165, 1.54) is 32.7 Å². The van der Waals surface area contributed by atoms with Gasteiger partial charge >= 0.3 is 0 Å². The molecule has 3 rings (SSSR count). The SMILES string of the molecule is CCN1CCN(C2CN(c3cnccn3)C2)CC1. The van der Waals surface area contributed by atoms with Gasteiger partial charge in [0.2, 0.25) is 0 Å². The molecule has 2 fully saturated rings. The van der Waals surface area contributed by atoms with Gasteiger partial charge in [0.1, 0.15) is 5.82 Å². The number of hydrogen-bond donors (Lipinski definition) is 0. The van der Waals surface area contributed by atoms with Gasteiger partial charge < -0.3 is 9.80 Å². The van der Waals surface area contributed by atoms with Gasteiger partial charge in [0.25, 0.3) is 0 Å². The minimum absolute atomic E-state index is 0.714. The van der Waals surface area contributed by atoms with E-state index in [1.807, 2.05) is 6.20 Å². The van der Waals surface area contributed by atoms with Crippen molar-refractivity contribution >= 4 is 5.82 Å². The Morgan fingerprint density at radius 2 is 1.94 bits per heavy atom. The summed E-state index contributed by atoms with van der Waals surface area (Å²) in [6.45, 7) is 10.5. The Kier molecular flexibility index (Phi) is 3.43. The molecule has 0 amide bonds. The van der Waals surface area contributed by atoms with Gasteiger partial charge in [0.05, 0.1) is 6.20 Å². The van der Waals surface area contributed by atoms with Crippen LogP contribution in [0.15, 0.2) is 18.6 Å². The standard InChI is InChI=1S/C13H21N5/c1-2-16-5-7-17(8-6-16)12-10-18(11-12)13-9-14-3-4-15-13/h3-4,9,12H,2,5-8,10-11H2,1H3. The highest BCUT2D eigenvalue weighted by Crippen LogP contribution is 2.21. The Balaban J connectivity index is 1.48. The second-order valence-corrected chi connectivity index (χ2v) is 5.09. The molecule has 5 nitrogen and oxygen atoms in total. The zero-order chi connectivity index (χ0) is 12.4. The van der Waals surface area contributed by atoms with E-state index in [9.17, 15) is 0 Å². The van der Waals surface area contributed by atoms with Gasteiger partial charge in [-0.05, 0) is 6.54 Å². The van der Waals surface area contributed by atoms with E-state index in [2.05, 4.69) is 31.6 Å². The molecule has 0 bridgehead atoms. The summed E-state index contributed by atoms with van der Waals surface area (Å²) in [5.74, 6) is 1.01. The molecule has 0 aromatic carbocycles. The topological polar surface area (TPSA) is 35.5 Å². The van der Waals surface area contributed by atoms with Crippen LogP contribution in [0.25, 0.3) is 0 Å². The first kappa shape index (κ1) is 11.9. The first-order valence-electron chi connectivity index (χ1n) is 6.84. The van der Waals surface area contributed by atoms with Gasteiger partial charge in [-0.15, -0.1) is 0 Å². The summed E-state index contributed by atoms with van der Waals surface area (Å²) in [7, 11) is 0. The summed E-state index contributed by atoms with van der Waals surface area (Å²) in [6, 6.07) is 0.714. The van der Waals surface area contributed by atoms with Gasteiger partial charge in [-0.25, -0.2) is 4.98 Å². The lowest BCUT2D eigenvalue weighted by Gasteiger charge is -2.48. The number of likely N-dealkylation sites (N-methyl/N-ethyl adjacent to an activating group) is 1. The molecule has 3 heterocycles. The predicted molar refractivity (Wildman–Crippen MR) is 71.7 cm³/mol. The number of nitrogens with zero attached hydrogens (tertiary/aromatic N) is 5. The summed E-state index contributed by atoms with van der Waals surface area (Å²) in [5, 5.41) is 0. The molecule has 1 aromatic rings. The summed E-state index contributed by atoms with van der Waals surface area (Å²) in [4.78, 5) is 15.9. The van der Waals surface area contributed by atoms with E-state index in [0.29, 0.717) is 6.04 Å². The largest absolute Gasteiger partial charge is 0.352 e. The molecule has 0 spiro atoms. The second-order valence-electron chi connectivity index (χ2n) is 5.09. The molecule has 0 unspecified atom stereocenters. The zero-order valence-electron chi connectivity index (χ0n) is 11.0.